The van der Waals surface area contributed by atoms with Gasteiger partial charge in [-0.25, -0.2) is 9.78 Å². The largest absolute Gasteiger partial charge is 0.332 e. The van der Waals surface area contributed by atoms with Gasteiger partial charge in [0.1, 0.15) is 10.0 Å². The minimum absolute atomic E-state index is 0.0688. The molecule has 0 unspecified atom stereocenters. The molecule has 10 heteroatoms. The molecule has 0 aliphatic carbocycles. The fourth-order valence-corrected chi connectivity index (χ4v) is 1.97. The summed E-state index contributed by atoms with van der Waals surface area (Å²) in [5, 5.41) is 4.66. The van der Waals surface area contributed by atoms with E-state index in [2.05, 4.69) is 20.3 Å². The fourth-order valence-electron chi connectivity index (χ4n) is 0.842. The number of carbonyl (C=O) groups excluding carboxylic acids is 3. The van der Waals surface area contributed by atoms with Crippen LogP contribution >= 0.6 is 34.5 Å². The van der Waals surface area contributed by atoms with Crippen LogP contribution in [0, 0.1) is 0 Å². The monoisotopic (exact) mass is 309 g/mol. The number of oxime groups is 1. The van der Waals surface area contributed by atoms with E-state index in [4.69, 9.17) is 23.2 Å². The summed E-state index contributed by atoms with van der Waals surface area (Å²) in [6, 6.07) is 0. The summed E-state index contributed by atoms with van der Waals surface area (Å²) in [6.07, 6.45) is 0.393. The second-order valence-corrected chi connectivity index (χ2v) is 4.64. The highest BCUT2D eigenvalue weighted by Crippen LogP contribution is 2.28. The Hall–Kier alpha value is -1.51. The number of aromatic nitrogens is 1. The van der Waals surface area contributed by atoms with Crippen LogP contribution in [0.5, 0.6) is 0 Å². The molecule has 0 saturated carbocycles. The molecule has 0 fully saturated rings. The number of amides is 1. The third kappa shape index (κ3) is 3.76. The zero-order valence-electron chi connectivity index (χ0n) is 8.77. The van der Waals surface area contributed by atoms with Crippen LogP contribution in [0.3, 0.4) is 0 Å². The molecule has 0 atom stereocenters. The van der Waals surface area contributed by atoms with E-state index in [0.717, 1.165) is 18.3 Å². The molecule has 1 rings (SSSR count). The highest BCUT2D eigenvalue weighted by atomic mass is 35.5. The number of carbonyl (C=O) groups is 3. The SMILES string of the molecule is CC(=O)ON=C(C(=O)Cl)c1nc(NC=O)sc1Cl. The van der Waals surface area contributed by atoms with Crippen molar-refractivity contribution in [3.05, 3.63) is 10.0 Å². The highest BCUT2D eigenvalue weighted by Gasteiger charge is 2.21. The number of rotatable bonds is 5. The van der Waals surface area contributed by atoms with E-state index in [-0.39, 0.29) is 15.2 Å². The molecule has 0 bridgehead atoms. The lowest BCUT2D eigenvalue weighted by molar-refractivity contribution is -0.140. The summed E-state index contributed by atoms with van der Waals surface area (Å²) in [5.74, 6) is -0.733. The second-order valence-electron chi connectivity index (χ2n) is 2.70. The fraction of sp³-hybridized carbons (Fsp3) is 0.125. The Morgan fingerprint density at radius 3 is 2.72 bits per heavy atom. The summed E-state index contributed by atoms with van der Waals surface area (Å²) < 4.78 is 0.0688. The number of thiazole rings is 1. The zero-order chi connectivity index (χ0) is 13.7. The first-order valence-corrected chi connectivity index (χ1v) is 5.85. The summed E-state index contributed by atoms with van der Waals surface area (Å²) in [6.45, 7) is 1.10. The van der Waals surface area contributed by atoms with Gasteiger partial charge in [0, 0.05) is 6.92 Å². The van der Waals surface area contributed by atoms with Gasteiger partial charge in [-0.15, -0.1) is 0 Å². The zero-order valence-corrected chi connectivity index (χ0v) is 11.1. The standard InChI is InChI=1S/C8H5Cl2N3O4S/c1-3(15)17-13-4(6(9)16)5-7(10)18-8(12-5)11-2-14/h2H,1H3,(H,11,12,14). The van der Waals surface area contributed by atoms with E-state index in [1.54, 1.807) is 0 Å². The van der Waals surface area contributed by atoms with Crippen molar-refractivity contribution in [3.8, 4) is 0 Å². The van der Waals surface area contributed by atoms with E-state index in [9.17, 15) is 14.4 Å². The predicted molar refractivity (Wildman–Crippen MR) is 66.0 cm³/mol. The molecule has 1 N–H and O–H groups in total. The number of hydrogen-bond donors (Lipinski definition) is 1. The molecule has 0 radical (unpaired) electrons. The van der Waals surface area contributed by atoms with Crippen LogP contribution in [0.2, 0.25) is 4.34 Å². The molecule has 0 aliphatic heterocycles. The Kier molecular flexibility index (Phi) is 5.20. The summed E-state index contributed by atoms with van der Waals surface area (Å²) in [7, 11) is 0. The molecule has 0 aromatic carbocycles. The van der Waals surface area contributed by atoms with Crippen LogP contribution < -0.4 is 5.32 Å². The Balaban J connectivity index is 3.13. The Morgan fingerprint density at radius 1 is 1.56 bits per heavy atom. The van der Waals surface area contributed by atoms with Gasteiger partial charge in [0.05, 0.1) is 0 Å². The van der Waals surface area contributed by atoms with Crippen molar-refractivity contribution in [2.45, 2.75) is 6.92 Å². The molecule has 0 saturated heterocycles. The molecule has 18 heavy (non-hydrogen) atoms. The van der Waals surface area contributed by atoms with Crippen LogP contribution in [0.4, 0.5) is 5.13 Å². The third-order valence-corrected chi connectivity index (χ3v) is 2.81. The van der Waals surface area contributed by atoms with Crippen LogP contribution in [-0.4, -0.2) is 28.3 Å². The van der Waals surface area contributed by atoms with Gasteiger partial charge >= 0.3 is 5.97 Å². The normalized spacial score (nSPS) is 10.9. The van der Waals surface area contributed by atoms with Crippen molar-refractivity contribution < 1.29 is 19.2 Å². The highest BCUT2D eigenvalue weighted by molar-refractivity contribution is 7.20. The average molecular weight is 310 g/mol. The molecule has 1 heterocycles. The minimum atomic E-state index is -0.999. The van der Waals surface area contributed by atoms with Gasteiger partial charge in [-0.3, -0.25) is 9.59 Å². The molecule has 0 aliphatic rings. The number of nitrogens with zero attached hydrogens (tertiary/aromatic N) is 2. The van der Waals surface area contributed by atoms with E-state index in [1.807, 2.05) is 0 Å². The van der Waals surface area contributed by atoms with Crippen molar-refractivity contribution >= 4 is 63.0 Å². The Labute approximate surface area is 115 Å². The molecular weight excluding hydrogens is 305 g/mol. The predicted octanol–water partition coefficient (Wildman–Crippen LogP) is 1.40. The first-order valence-electron chi connectivity index (χ1n) is 4.28. The lowest BCUT2D eigenvalue weighted by Gasteiger charge is -1.97. The van der Waals surface area contributed by atoms with Crippen molar-refractivity contribution in [1.82, 2.24) is 4.98 Å². The topological polar surface area (TPSA) is 97.7 Å². The van der Waals surface area contributed by atoms with Crippen molar-refractivity contribution in [2.75, 3.05) is 5.32 Å². The molecule has 7 nitrogen and oxygen atoms in total. The lowest BCUT2D eigenvalue weighted by atomic mass is 10.3. The molecule has 96 valence electrons. The van der Waals surface area contributed by atoms with Crippen LogP contribution in [0.25, 0.3) is 0 Å². The average Bonchev–Trinajstić information content (AvgIpc) is 2.60. The first-order chi connectivity index (χ1) is 8.45. The van der Waals surface area contributed by atoms with Gasteiger partial charge in [0.25, 0.3) is 5.24 Å². The second kappa shape index (κ2) is 6.43. The van der Waals surface area contributed by atoms with Gasteiger partial charge in [-0.2, -0.15) is 0 Å². The first kappa shape index (κ1) is 14.6. The molecular formula is C8H5Cl2N3O4S. The molecule has 1 amide bonds. The van der Waals surface area contributed by atoms with Gasteiger partial charge in [0.2, 0.25) is 6.41 Å². The third-order valence-electron chi connectivity index (χ3n) is 1.44. The lowest BCUT2D eigenvalue weighted by Crippen LogP contribution is -2.12. The van der Waals surface area contributed by atoms with E-state index >= 15 is 0 Å². The van der Waals surface area contributed by atoms with Crippen LogP contribution in [0.1, 0.15) is 12.6 Å². The summed E-state index contributed by atoms with van der Waals surface area (Å²) in [4.78, 5) is 40.1. The van der Waals surface area contributed by atoms with E-state index in [1.165, 1.54) is 0 Å². The maximum Gasteiger partial charge on any atom is 0.332 e. The number of halogens is 2. The number of nitrogens with one attached hydrogen (secondary N) is 1. The quantitative estimate of drug-likeness (QED) is 0.291. The van der Waals surface area contributed by atoms with Crippen molar-refractivity contribution in [1.29, 1.82) is 0 Å². The number of anilines is 1. The van der Waals surface area contributed by atoms with Gasteiger partial charge < -0.3 is 10.2 Å². The number of hydrogen-bond acceptors (Lipinski definition) is 7. The Bertz CT molecular complexity index is 528. The van der Waals surface area contributed by atoms with E-state index in [0.29, 0.717) is 6.41 Å². The smallest absolute Gasteiger partial charge is 0.318 e. The molecule has 0 spiro atoms. The van der Waals surface area contributed by atoms with Gasteiger partial charge in [0.15, 0.2) is 10.8 Å². The van der Waals surface area contributed by atoms with Crippen LogP contribution in [0.15, 0.2) is 5.16 Å². The minimum Gasteiger partial charge on any atom is -0.318 e. The summed E-state index contributed by atoms with van der Waals surface area (Å²) in [5.41, 5.74) is -0.501. The maximum atomic E-state index is 11.1. The Morgan fingerprint density at radius 2 is 2.22 bits per heavy atom. The van der Waals surface area contributed by atoms with Gasteiger partial charge in [-0.05, 0) is 11.6 Å². The van der Waals surface area contributed by atoms with Crippen molar-refractivity contribution in [2.24, 2.45) is 5.16 Å². The van der Waals surface area contributed by atoms with Crippen LogP contribution in [-0.2, 0) is 19.2 Å². The molecule has 1 aromatic heterocycles. The summed E-state index contributed by atoms with van der Waals surface area (Å²) >= 11 is 12.0. The van der Waals surface area contributed by atoms with Crippen molar-refractivity contribution in [3.63, 3.8) is 0 Å². The van der Waals surface area contributed by atoms with E-state index < -0.39 is 16.9 Å². The van der Waals surface area contributed by atoms with Gasteiger partial charge in [-0.1, -0.05) is 28.1 Å². The maximum absolute atomic E-state index is 11.1. The molecule has 1 aromatic rings.